The van der Waals surface area contributed by atoms with Gasteiger partial charge in [-0.1, -0.05) is 60.7 Å². The van der Waals surface area contributed by atoms with Crippen molar-refractivity contribution in [3.05, 3.63) is 71.8 Å². The van der Waals surface area contributed by atoms with Crippen LogP contribution < -0.4 is 5.32 Å². The number of hydrogen-bond donors (Lipinski definition) is 1. The summed E-state index contributed by atoms with van der Waals surface area (Å²) in [6, 6.07) is 15.7. The first-order chi connectivity index (χ1) is 13.4. The predicted octanol–water partition coefficient (Wildman–Crippen LogP) is 1.57. The van der Waals surface area contributed by atoms with Crippen molar-refractivity contribution < 1.29 is 27.5 Å². The van der Waals surface area contributed by atoms with Crippen LogP contribution in [0.5, 0.6) is 0 Å². The molecule has 0 spiro atoms. The van der Waals surface area contributed by atoms with E-state index in [1.165, 1.54) is 0 Å². The molecule has 4 atom stereocenters. The molecule has 0 aromatic heterocycles. The summed E-state index contributed by atoms with van der Waals surface area (Å²) in [6.07, 6.45) is 0. The molecule has 1 fully saturated rings. The molecular formula is C20H21NO6S. The molecule has 2 aromatic carbocycles. The lowest BCUT2D eigenvalue weighted by atomic mass is 9.97. The average molecular weight is 403 g/mol. The maximum Gasteiger partial charge on any atom is 0.326 e. The van der Waals surface area contributed by atoms with Gasteiger partial charge in [-0.2, -0.15) is 0 Å². The van der Waals surface area contributed by atoms with Gasteiger partial charge in [-0.15, -0.1) is 0 Å². The first-order valence-corrected chi connectivity index (χ1v) is 10.3. The third-order valence-corrected chi connectivity index (χ3v) is 7.20. The second kappa shape index (κ2) is 8.12. The van der Waals surface area contributed by atoms with Crippen molar-refractivity contribution in [2.75, 3.05) is 14.2 Å². The Morgan fingerprint density at radius 2 is 1.11 bits per heavy atom. The number of hydrogen-bond acceptors (Lipinski definition) is 7. The topological polar surface area (TPSA) is 98.8 Å². The number of sulfone groups is 1. The minimum atomic E-state index is -4.29. The molecule has 1 aliphatic heterocycles. The van der Waals surface area contributed by atoms with Crippen molar-refractivity contribution in [3.8, 4) is 0 Å². The standard InChI is InChI=1S/C20H21NO6S/c1-26-19(22)17-15(13-9-5-3-6-10-13)21-16(14-11-7-4-8-12-14)18(20(23)27-2)28(17,24)25/h3-12,15-18,21H,1-2H3/t15-,16-,17-,18-/m1/s1. The number of nitrogens with one attached hydrogen (secondary N) is 1. The summed E-state index contributed by atoms with van der Waals surface area (Å²) in [7, 11) is -2.05. The molecule has 0 bridgehead atoms. The zero-order valence-electron chi connectivity index (χ0n) is 15.4. The van der Waals surface area contributed by atoms with Crippen LogP contribution in [-0.4, -0.2) is 45.1 Å². The van der Waals surface area contributed by atoms with Gasteiger partial charge in [0.25, 0.3) is 0 Å². The number of methoxy groups -OCH3 is 2. The lowest BCUT2D eigenvalue weighted by Crippen LogP contribution is -2.59. The molecule has 0 amide bonds. The van der Waals surface area contributed by atoms with Gasteiger partial charge in [0.1, 0.15) is 0 Å². The summed E-state index contributed by atoms with van der Waals surface area (Å²) >= 11 is 0. The minimum Gasteiger partial charge on any atom is -0.468 e. The van der Waals surface area contributed by atoms with Crippen molar-refractivity contribution in [1.29, 1.82) is 0 Å². The molecule has 0 saturated carbocycles. The molecule has 0 aliphatic carbocycles. The zero-order valence-corrected chi connectivity index (χ0v) is 16.3. The Kier molecular flexibility index (Phi) is 5.81. The van der Waals surface area contributed by atoms with Crippen LogP contribution in [0.15, 0.2) is 60.7 Å². The van der Waals surface area contributed by atoms with Gasteiger partial charge in [0, 0.05) is 0 Å². The largest absolute Gasteiger partial charge is 0.468 e. The third kappa shape index (κ3) is 3.53. The Hall–Kier alpha value is -2.71. The molecule has 1 aliphatic rings. The van der Waals surface area contributed by atoms with E-state index < -0.39 is 44.4 Å². The molecule has 8 heteroatoms. The molecule has 1 N–H and O–H groups in total. The first-order valence-electron chi connectivity index (χ1n) is 8.66. The number of esters is 2. The van der Waals surface area contributed by atoms with E-state index in [9.17, 15) is 18.0 Å². The molecule has 148 valence electrons. The monoisotopic (exact) mass is 403 g/mol. The van der Waals surface area contributed by atoms with E-state index >= 15 is 0 Å². The van der Waals surface area contributed by atoms with Crippen LogP contribution >= 0.6 is 0 Å². The molecular weight excluding hydrogens is 382 g/mol. The number of benzene rings is 2. The molecule has 2 aromatic rings. The van der Waals surface area contributed by atoms with Crippen LogP contribution in [0.4, 0.5) is 0 Å². The van der Waals surface area contributed by atoms with E-state index in [1.807, 2.05) is 0 Å². The second-order valence-corrected chi connectivity index (χ2v) is 8.61. The normalized spacial score (nSPS) is 26.2. The summed E-state index contributed by atoms with van der Waals surface area (Å²) in [6.45, 7) is 0. The van der Waals surface area contributed by atoms with Gasteiger partial charge < -0.3 is 9.47 Å². The highest BCUT2D eigenvalue weighted by atomic mass is 32.2. The van der Waals surface area contributed by atoms with E-state index in [4.69, 9.17) is 9.47 Å². The summed E-state index contributed by atoms with van der Waals surface area (Å²) in [5.74, 6) is -1.86. The van der Waals surface area contributed by atoms with Gasteiger partial charge >= 0.3 is 11.9 Å². The molecule has 28 heavy (non-hydrogen) atoms. The van der Waals surface area contributed by atoms with Gasteiger partial charge in [-0.3, -0.25) is 14.9 Å². The fourth-order valence-corrected chi connectivity index (χ4v) is 5.82. The van der Waals surface area contributed by atoms with E-state index in [-0.39, 0.29) is 0 Å². The van der Waals surface area contributed by atoms with Crippen LogP contribution in [0, 0.1) is 0 Å². The number of rotatable bonds is 4. The Morgan fingerprint density at radius 3 is 1.43 bits per heavy atom. The lowest BCUT2D eigenvalue weighted by Gasteiger charge is -2.40. The Labute approximate surface area is 163 Å². The van der Waals surface area contributed by atoms with Crippen molar-refractivity contribution in [1.82, 2.24) is 5.32 Å². The summed E-state index contributed by atoms with van der Waals surface area (Å²) < 4.78 is 36.4. The maximum absolute atomic E-state index is 13.4. The highest BCUT2D eigenvalue weighted by molar-refractivity contribution is 7.94. The lowest BCUT2D eigenvalue weighted by molar-refractivity contribution is -0.142. The molecule has 0 unspecified atom stereocenters. The van der Waals surface area contributed by atoms with E-state index in [0.29, 0.717) is 11.1 Å². The molecule has 1 heterocycles. The van der Waals surface area contributed by atoms with Gasteiger partial charge in [0.15, 0.2) is 20.3 Å². The second-order valence-electron chi connectivity index (χ2n) is 6.42. The summed E-state index contributed by atoms with van der Waals surface area (Å²) in [5, 5.41) is 0.0321. The highest BCUT2D eigenvalue weighted by Crippen LogP contribution is 2.39. The fraction of sp³-hybridized carbons (Fsp3) is 0.300. The third-order valence-electron chi connectivity index (χ3n) is 4.86. The average Bonchev–Trinajstić information content (AvgIpc) is 2.72. The molecule has 0 radical (unpaired) electrons. The molecule has 1 saturated heterocycles. The highest BCUT2D eigenvalue weighted by Gasteiger charge is 2.56. The maximum atomic E-state index is 13.4. The molecule has 3 rings (SSSR count). The van der Waals surface area contributed by atoms with Crippen LogP contribution in [-0.2, 0) is 28.9 Å². The predicted molar refractivity (Wildman–Crippen MR) is 102 cm³/mol. The van der Waals surface area contributed by atoms with Crippen molar-refractivity contribution in [2.45, 2.75) is 22.6 Å². The van der Waals surface area contributed by atoms with E-state index in [1.54, 1.807) is 60.7 Å². The van der Waals surface area contributed by atoms with Crippen molar-refractivity contribution in [3.63, 3.8) is 0 Å². The van der Waals surface area contributed by atoms with Crippen molar-refractivity contribution in [2.24, 2.45) is 0 Å². The van der Waals surface area contributed by atoms with Gasteiger partial charge in [0.05, 0.1) is 26.3 Å². The van der Waals surface area contributed by atoms with Crippen molar-refractivity contribution >= 4 is 21.8 Å². The fourth-order valence-electron chi connectivity index (χ4n) is 3.54. The van der Waals surface area contributed by atoms with E-state index in [2.05, 4.69) is 5.32 Å². The summed E-state index contributed by atoms with van der Waals surface area (Å²) in [4.78, 5) is 24.9. The Morgan fingerprint density at radius 1 is 0.750 bits per heavy atom. The van der Waals surface area contributed by atoms with Gasteiger partial charge in [-0.25, -0.2) is 8.42 Å². The van der Waals surface area contributed by atoms with Gasteiger partial charge in [-0.05, 0) is 11.1 Å². The summed E-state index contributed by atoms with van der Waals surface area (Å²) in [5.41, 5.74) is 1.21. The quantitative estimate of drug-likeness (QED) is 0.774. The smallest absolute Gasteiger partial charge is 0.326 e. The molecule has 7 nitrogen and oxygen atoms in total. The van der Waals surface area contributed by atoms with Crippen LogP contribution in [0.3, 0.4) is 0 Å². The number of ether oxygens (including phenoxy) is 2. The van der Waals surface area contributed by atoms with Crippen LogP contribution in [0.25, 0.3) is 0 Å². The Balaban J connectivity index is 2.19. The van der Waals surface area contributed by atoms with E-state index in [0.717, 1.165) is 14.2 Å². The SMILES string of the molecule is COC(=O)[C@H]1[C@@H](c2ccccc2)N[C@H](c2ccccc2)[C@H](C(=O)OC)S1(=O)=O. The zero-order chi connectivity index (χ0) is 20.3. The first kappa shape index (κ1) is 20.0. The minimum absolute atomic E-state index is 0.603. The Bertz CT molecular complexity index is 874. The number of carbonyl (C=O) groups is 2. The van der Waals surface area contributed by atoms with Crippen LogP contribution in [0.1, 0.15) is 23.2 Å². The van der Waals surface area contributed by atoms with Gasteiger partial charge in [0.2, 0.25) is 0 Å². The number of carbonyl (C=O) groups excluding carboxylic acids is 2. The van der Waals surface area contributed by atoms with Crippen LogP contribution in [0.2, 0.25) is 0 Å².